The molecule has 5 atom stereocenters. The van der Waals surface area contributed by atoms with Crippen molar-refractivity contribution in [2.24, 2.45) is 0 Å². The van der Waals surface area contributed by atoms with Crippen LogP contribution in [0.3, 0.4) is 0 Å². The zero-order chi connectivity index (χ0) is 19.3. The third-order valence-electron chi connectivity index (χ3n) is 2.93. The van der Waals surface area contributed by atoms with Gasteiger partial charge in [0.05, 0.1) is 0 Å². The van der Waals surface area contributed by atoms with Crippen LogP contribution in [0, 0.1) is 0 Å². The summed E-state index contributed by atoms with van der Waals surface area (Å²) in [6.45, 7) is 4.06. The number of hydrogen-bond donors (Lipinski definition) is 1. The number of carboxylic acid groups (broad SMARTS) is 1. The van der Waals surface area contributed by atoms with E-state index in [1.165, 1.54) is 0 Å². The van der Waals surface area contributed by atoms with E-state index < -0.39 is 60.6 Å². The molecule has 0 radical (unpaired) electrons. The molecule has 16 heteroatoms. The van der Waals surface area contributed by atoms with E-state index in [1.807, 2.05) is 0 Å². The van der Waals surface area contributed by atoms with E-state index in [1.54, 1.807) is 0 Å². The van der Waals surface area contributed by atoms with E-state index in [4.69, 9.17) is 23.7 Å². The highest BCUT2D eigenvalue weighted by Gasteiger charge is 2.55. The second-order valence-electron chi connectivity index (χ2n) is 5.09. The van der Waals surface area contributed by atoms with Gasteiger partial charge in [-0.1, -0.05) is 0 Å². The van der Waals surface area contributed by atoms with Crippen LogP contribution in [0.15, 0.2) is 0 Å². The van der Waals surface area contributed by atoms with Gasteiger partial charge in [0.2, 0.25) is 12.4 Å². The summed E-state index contributed by atoms with van der Waals surface area (Å²) in [5, 5.41) is 9.29. The van der Waals surface area contributed by atoms with E-state index in [2.05, 4.69) is 0 Å². The van der Waals surface area contributed by atoms with E-state index in [-0.39, 0.29) is 67.5 Å². The van der Waals surface area contributed by atoms with E-state index in [9.17, 15) is 29.1 Å². The third kappa shape index (κ3) is 12.0. The topological polar surface area (TPSA) is 152 Å². The molecule has 1 fully saturated rings. The van der Waals surface area contributed by atoms with Crippen molar-refractivity contribution in [2.45, 2.75) is 58.4 Å². The predicted molar refractivity (Wildman–Crippen MR) is 127 cm³/mol. The summed E-state index contributed by atoms with van der Waals surface area (Å²) < 4.78 is 24.8. The molecule has 0 bridgehead atoms. The molecule has 0 unspecified atom stereocenters. The fourth-order valence-corrected chi connectivity index (χ4v) is 2.23. The van der Waals surface area contributed by atoms with Crippen molar-refractivity contribution in [2.75, 3.05) is 0 Å². The van der Waals surface area contributed by atoms with E-state index >= 15 is 0 Å². The molecule has 30 heavy (non-hydrogen) atoms. The van der Waals surface area contributed by atoms with Crippen molar-refractivity contribution < 1.29 is 52.8 Å². The van der Waals surface area contributed by atoms with Crippen LogP contribution in [0.2, 0.25) is 0 Å². The molecule has 0 amide bonds. The highest BCUT2D eigenvalue weighted by Crippen LogP contribution is 2.29. The summed E-state index contributed by atoms with van der Waals surface area (Å²) >= 11 is 0. The largest absolute Gasteiger partial charge is 0.479 e. The summed E-state index contributed by atoms with van der Waals surface area (Å²) in [6.07, 6.45) is -8.24. The first-order valence-electron chi connectivity index (χ1n) is 7.10. The normalized spacial score (nSPS) is 23.7. The molecule has 180 valence electrons. The molecule has 1 aliphatic rings. The van der Waals surface area contributed by atoms with Gasteiger partial charge >= 0.3 is 29.8 Å². The molecule has 1 rings (SSSR count). The van der Waals surface area contributed by atoms with Crippen LogP contribution in [0.4, 0.5) is 0 Å². The molecule has 0 aromatic carbocycles. The lowest BCUT2D eigenvalue weighted by atomic mass is 9.98. The zero-order valence-corrected chi connectivity index (χ0v) is 21.4. The minimum absolute atomic E-state index is 0. The summed E-state index contributed by atoms with van der Waals surface area (Å²) in [6, 6.07) is 0. The van der Waals surface area contributed by atoms with Gasteiger partial charge in [0.15, 0.2) is 18.3 Å². The Balaban J connectivity index is -0.000000417. The lowest BCUT2D eigenvalue weighted by Crippen LogP contribution is -2.63. The maximum atomic E-state index is 11.4. The van der Waals surface area contributed by atoms with E-state index in [0.717, 1.165) is 27.7 Å². The molecule has 0 aromatic heterocycles. The fourth-order valence-electron chi connectivity index (χ4n) is 2.23. The van der Waals surface area contributed by atoms with Gasteiger partial charge in [-0.2, -0.15) is 67.5 Å². The molecule has 1 aliphatic heterocycles. The zero-order valence-electron chi connectivity index (χ0n) is 16.4. The SMILES string of the molecule is CC(=O)O[C@H]1O[C@@H](C(=O)O)[C@H](OC(C)=O)[C@@H](OC(C)=O)[C@@H]1OC(C)=O.S.S.S.S.S. The van der Waals surface area contributed by atoms with Gasteiger partial charge in [-0.15, -0.1) is 0 Å². The Morgan fingerprint density at radius 1 is 0.600 bits per heavy atom. The molecule has 0 spiro atoms. The molecule has 1 heterocycles. The van der Waals surface area contributed by atoms with Crippen LogP contribution < -0.4 is 0 Å². The average Bonchev–Trinajstić information content (AvgIpc) is 2.42. The number of hydrogen-bond acceptors (Lipinski definition) is 10. The molecule has 0 aliphatic carbocycles. The monoisotopic (exact) mass is 532 g/mol. The van der Waals surface area contributed by atoms with Gasteiger partial charge in [-0.05, 0) is 0 Å². The summed E-state index contributed by atoms with van der Waals surface area (Å²) in [5.74, 6) is -5.03. The minimum atomic E-state index is -1.83. The molecule has 11 nitrogen and oxygen atoms in total. The first-order chi connectivity index (χ1) is 11.5. The molecule has 1 saturated heterocycles. The minimum Gasteiger partial charge on any atom is -0.479 e. The van der Waals surface area contributed by atoms with Gasteiger partial charge in [-0.3, -0.25) is 19.2 Å². The molecular formula is C14H28O11S5. The standard InChI is InChI=1S/C14H18O11.5H2S/c1-5(15)21-9-10(22-6(2)16)12(23-7(3)17)14(24-8(4)18)25-11(9)13(19)20;;;;;/h9-12,14H,1-4H3,(H,19,20);5*1H2/t9-,10-,11-,12+,14+;;;;;/m1...../s1. The maximum absolute atomic E-state index is 11.4. The van der Waals surface area contributed by atoms with Crippen LogP contribution >= 0.6 is 67.5 Å². The first kappa shape index (κ1) is 39.5. The summed E-state index contributed by atoms with van der Waals surface area (Å²) in [4.78, 5) is 56.7. The van der Waals surface area contributed by atoms with Crippen molar-refractivity contribution >= 4 is 97.3 Å². The Labute approximate surface area is 208 Å². The Morgan fingerprint density at radius 3 is 1.27 bits per heavy atom. The van der Waals surface area contributed by atoms with Crippen molar-refractivity contribution in [3.05, 3.63) is 0 Å². The first-order valence-corrected chi connectivity index (χ1v) is 7.10. The number of carboxylic acids is 1. The Morgan fingerprint density at radius 2 is 0.933 bits per heavy atom. The van der Waals surface area contributed by atoms with Crippen molar-refractivity contribution in [1.82, 2.24) is 0 Å². The van der Waals surface area contributed by atoms with Crippen molar-refractivity contribution in [3.63, 3.8) is 0 Å². The quantitative estimate of drug-likeness (QED) is 0.367. The maximum Gasteiger partial charge on any atom is 0.337 e. The van der Waals surface area contributed by atoms with Crippen LogP contribution in [-0.4, -0.2) is 65.7 Å². The van der Waals surface area contributed by atoms with Crippen molar-refractivity contribution in [1.29, 1.82) is 0 Å². The van der Waals surface area contributed by atoms with Gasteiger partial charge < -0.3 is 28.8 Å². The van der Waals surface area contributed by atoms with Crippen LogP contribution in [-0.2, 0) is 47.7 Å². The van der Waals surface area contributed by atoms with Crippen LogP contribution in [0.1, 0.15) is 27.7 Å². The number of aliphatic carboxylic acids is 1. The number of carbonyl (C=O) groups excluding carboxylic acids is 4. The van der Waals surface area contributed by atoms with Gasteiger partial charge in [-0.25, -0.2) is 4.79 Å². The number of ether oxygens (including phenoxy) is 5. The van der Waals surface area contributed by atoms with Crippen molar-refractivity contribution in [3.8, 4) is 0 Å². The Kier molecular flexibility index (Phi) is 23.3. The Bertz CT molecular complexity index is 589. The van der Waals surface area contributed by atoms with Crippen LogP contribution in [0.25, 0.3) is 0 Å². The number of esters is 4. The number of rotatable bonds is 5. The molecular weight excluding hydrogens is 504 g/mol. The molecule has 1 N–H and O–H groups in total. The third-order valence-corrected chi connectivity index (χ3v) is 2.93. The summed E-state index contributed by atoms with van der Waals surface area (Å²) in [7, 11) is 0. The average molecular weight is 533 g/mol. The smallest absolute Gasteiger partial charge is 0.337 e. The fraction of sp³-hybridized carbons (Fsp3) is 0.643. The van der Waals surface area contributed by atoms with Gasteiger partial charge in [0.1, 0.15) is 0 Å². The number of carbonyl (C=O) groups is 5. The van der Waals surface area contributed by atoms with E-state index in [0.29, 0.717) is 0 Å². The highest BCUT2D eigenvalue weighted by molar-refractivity contribution is 7.60. The second kappa shape index (κ2) is 17.7. The highest BCUT2D eigenvalue weighted by atomic mass is 32.1. The van der Waals surface area contributed by atoms with Gasteiger partial charge in [0.25, 0.3) is 0 Å². The second-order valence-corrected chi connectivity index (χ2v) is 5.09. The van der Waals surface area contributed by atoms with Crippen LogP contribution in [0.5, 0.6) is 0 Å². The lowest BCUT2D eigenvalue weighted by molar-refractivity contribution is -0.293. The van der Waals surface area contributed by atoms with Gasteiger partial charge in [0, 0.05) is 27.7 Å². The summed E-state index contributed by atoms with van der Waals surface area (Å²) in [5.41, 5.74) is 0. The lowest BCUT2D eigenvalue weighted by Gasteiger charge is -2.42. The molecule has 0 aromatic rings. The Hall–Kier alpha value is -0.940. The predicted octanol–water partition coefficient (Wildman–Crippen LogP) is -0.282. The molecule has 0 saturated carbocycles.